The van der Waals surface area contributed by atoms with Crippen LogP contribution in [0.4, 0.5) is 0 Å². The number of tetrazole rings is 1. The van der Waals surface area contributed by atoms with E-state index >= 15 is 0 Å². The van der Waals surface area contributed by atoms with Crippen LogP contribution in [-0.2, 0) is 11.2 Å². The molecule has 4 rings (SSSR count). The van der Waals surface area contributed by atoms with Crippen LogP contribution < -0.4 is 10.1 Å². The zero-order valence-electron chi connectivity index (χ0n) is 14.2. The number of nitrogens with one attached hydrogen (secondary N) is 2. The maximum atomic E-state index is 12.6. The average molecular weight is 340 g/mol. The molecule has 130 valence electrons. The summed E-state index contributed by atoms with van der Waals surface area (Å²) in [5.74, 6) is 0.745. The molecule has 1 aromatic carbocycles. The lowest BCUT2D eigenvalue weighted by Gasteiger charge is -2.25. The van der Waals surface area contributed by atoms with Gasteiger partial charge in [0.25, 0.3) is 0 Å². The molecule has 0 fully saturated rings. The molecule has 8 nitrogen and oxygen atoms in total. The van der Waals surface area contributed by atoms with E-state index in [1.54, 1.807) is 14.0 Å². The summed E-state index contributed by atoms with van der Waals surface area (Å²) in [6.07, 6.45) is 4.38. The summed E-state index contributed by atoms with van der Waals surface area (Å²) in [5, 5.41) is 15.3. The quantitative estimate of drug-likeness (QED) is 0.756. The van der Waals surface area contributed by atoms with Crippen molar-refractivity contribution in [3.05, 3.63) is 35.8 Å². The van der Waals surface area contributed by atoms with E-state index in [-0.39, 0.29) is 11.9 Å². The monoisotopic (exact) mass is 340 g/mol. The van der Waals surface area contributed by atoms with Gasteiger partial charge in [-0.15, -0.1) is 5.10 Å². The molecule has 0 radical (unpaired) electrons. The summed E-state index contributed by atoms with van der Waals surface area (Å²) in [6.45, 7) is 1.78. The number of ether oxygens (including phenoxy) is 1. The van der Waals surface area contributed by atoms with Gasteiger partial charge in [0.1, 0.15) is 18.1 Å². The molecule has 0 saturated carbocycles. The van der Waals surface area contributed by atoms with Crippen molar-refractivity contribution in [3.63, 3.8) is 0 Å². The van der Waals surface area contributed by atoms with Gasteiger partial charge in [0.2, 0.25) is 5.91 Å². The smallest absolute Gasteiger partial charge is 0.245 e. The standard InChI is InChI=1S/C17H20N6O2/c1-10(23-9-18-21-22-23)17(24)20-15-5-3-4-12-13-8-11(25-2)6-7-14(13)19-16(12)15/h6-10,15,19H,3-5H2,1-2H3,(H,20,24)/t10-,15?/m0/s1. The maximum Gasteiger partial charge on any atom is 0.245 e. The molecule has 2 atom stereocenters. The van der Waals surface area contributed by atoms with Gasteiger partial charge in [0.15, 0.2) is 0 Å². The Hall–Kier alpha value is -2.90. The average Bonchev–Trinajstić information content (AvgIpc) is 3.29. The number of aromatic amines is 1. The van der Waals surface area contributed by atoms with Crippen LogP contribution in [-0.4, -0.2) is 38.2 Å². The topological polar surface area (TPSA) is 97.7 Å². The maximum absolute atomic E-state index is 12.6. The highest BCUT2D eigenvalue weighted by Crippen LogP contribution is 2.36. The number of benzene rings is 1. The van der Waals surface area contributed by atoms with Crippen LogP contribution in [0.2, 0.25) is 0 Å². The van der Waals surface area contributed by atoms with Crippen molar-refractivity contribution >= 4 is 16.8 Å². The third-order valence-electron chi connectivity index (χ3n) is 4.87. The summed E-state index contributed by atoms with van der Waals surface area (Å²) < 4.78 is 6.80. The van der Waals surface area contributed by atoms with E-state index in [0.29, 0.717) is 0 Å². The van der Waals surface area contributed by atoms with Crippen LogP contribution in [0, 0.1) is 0 Å². The number of amides is 1. The molecule has 0 saturated heterocycles. The van der Waals surface area contributed by atoms with E-state index in [1.807, 2.05) is 12.1 Å². The van der Waals surface area contributed by atoms with Crippen molar-refractivity contribution in [2.45, 2.75) is 38.3 Å². The second-order valence-corrected chi connectivity index (χ2v) is 6.35. The van der Waals surface area contributed by atoms with E-state index in [2.05, 4.69) is 31.9 Å². The number of carbonyl (C=O) groups excluding carboxylic acids is 1. The van der Waals surface area contributed by atoms with Gasteiger partial charge in [-0.05, 0) is 60.4 Å². The minimum absolute atomic E-state index is 0.0337. The second kappa shape index (κ2) is 6.19. The Kier molecular flexibility index (Phi) is 3.87. The number of rotatable bonds is 4. The number of aromatic nitrogens is 5. The Balaban J connectivity index is 1.62. The first kappa shape index (κ1) is 15.6. The largest absolute Gasteiger partial charge is 0.497 e. The number of carbonyl (C=O) groups is 1. The van der Waals surface area contributed by atoms with E-state index in [1.165, 1.54) is 22.0 Å². The van der Waals surface area contributed by atoms with Gasteiger partial charge < -0.3 is 15.0 Å². The Morgan fingerprint density at radius 1 is 1.48 bits per heavy atom. The summed E-state index contributed by atoms with van der Waals surface area (Å²) in [6, 6.07) is 5.53. The molecule has 3 aromatic rings. The number of methoxy groups -OCH3 is 1. The molecule has 0 spiro atoms. The molecule has 25 heavy (non-hydrogen) atoms. The summed E-state index contributed by atoms with van der Waals surface area (Å²) in [5.41, 5.74) is 3.42. The van der Waals surface area contributed by atoms with Crippen LogP contribution in [0.5, 0.6) is 5.75 Å². The Morgan fingerprint density at radius 2 is 2.36 bits per heavy atom. The first-order valence-electron chi connectivity index (χ1n) is 8.38. The fraction of sp³-hybridized carbons (Fsp3) is 0.412. The third kappa shape index (κ3) is 2.73. The molecule has 1 aliphatic rings. The number of fused-ring (bicyclic) bond motifs is 3. The van der Waals surface area contributed by atoms with Gasteiger partial charge in [-0.25, -0.2) is 4.68 Å². The first-order chi connectivity index (χ1) is 12.2. The Labute approximate surface area is 144 Å². The summed E-state index contributed by atoms with van der Waals surface area (Å²) in [4.78, 5) is 16.1. The number of hydrogen-bond donors (Lipinski definition) is 2. The first-order valence-corrected chi connectivity index (χ1v) is 8.38. The molecule has 2 N–H and O–H groups in total. The highest BCUT2D eigenvalue weighted by molar-refractivity contribution is 5.87. The van der Waals surface area contributed by atoms with Gasteiger partial charge >= 0.3 is 0 Å². The van der Waals surface area contributed by atoms with Crippen LogP contribution in [0.3, 0.4) is 0 Å². The molecule has 1 amide bonds. The Morgan fingerprint density at radius 3 is 3.12 bits per heavy atom. The molecule has 8 heteroatoms. The fourth-order valence-electron chi connectivity index (χ4n) is 3.47. The highest BCUT2D eigenvalue weighted by Gasteiger charge is 2.27. The van der Waals surface area contributed by atoms with Gasteiger partial charge in [-0.3, -0.25) is 4.79 Å². The lowest BCUT2D eigenvalue weighted by Crippen LogP contribution is -2.36. The fourth-order valence-corrected chi connectivity index (χ4v) is 3.47. The van der Waals surface area contributed by atoms with Gasteiger partial charge in [0, 0.05) is 16.6 Å². The SMILES string of the molecule is COc1ccc2[nH]c3c(c2c1)CCCC3NC(=O)[C@H](C)n1cnnn1. The zero-order valence-corrected chi connectivity index (χ0v) is 14.2. The minimum Gasteiger partial charge on any atom is -0.497 e. The van der Waals surface area contributed by atoms with E-state index < -0.39 is 6.04 Å². The van der Waals surface area contributed by atoms with E-state index in [0.717, 1.165) is 36.2 Å². The highest BCUT2D eigenvalue weighted by atomic mass is 16.5. The minimum atomic E-state index is -0.454. The van der Waals surface area contributed by atoms with E-state index in [9.17, 15) is 4.79 Å². The van der Waals surface area contributed by atoms with Crippen molar-refractivity contribution in [1.82, 2.24) is 30.5 Å². The number of hydrogen-bond acceptors (Lipinski definition) is 5. The van der Waals surface area contributed by atoms with Crippen LogP contribution >= 0.6 is 0 Å². The predicted molar refractivity (Wildman–Crippen MR) is 91.2 cm³/mol. The predicted octanol–water partition coefficient (Wildman–Crippen LogP) is 1.92. The van der Waals surface area contributed by atoms with Gasteiger partial charge in [0.05, 0.1) is 13.2 Å². The van der Waals surface area contributed by atoms with Crippen molar-refractivity contribution in [2.24, 2.45) is 0 Å². The molecule has 1 aliphatic carbocycles. The summed E-state index contributed by atoms with van der Waals surface area (Å²) in [7, 11) is 1.67. The molecular weight excluding hydrogens is 320 g/mol. The van der Waals surface area contributed by atoms with Crippen molar-refractivity contribution in [2.75, 3.05) is 7.11 Å². The molecule has 1 unspecified atom stereocenters. The number of H-pyrrole nitrogens is 1. The van der Waals surface area contributed by atoms with E-state index in [4.69, 9.17) is 4.74 Å². The van der Waals surface area contributed by atoms with Crippen LogP contribution in [0.15, 0.2) is 24.5 Å². The number of nitrogens with zero attached hydrogens (tertiary/aromatic N) is 4. The molecule has 0 bridgehead atoms. The van der Waals surface area contributed by atoms with Crippen LogP contribution in [0.25, 0.3) is 10.9 Å². The zero-order chi connectivity index (χ0) is 17.4. The molecule has 2 aromatic heterocycles. The normalized spacial score (nSPS) is 17.9. The summed E-state index contributed by atoms with van der Waals surface area (Å²) >= 11 is 0. The second-order valence-electron chi connectivity index (χ2n) is 6.35. The van der Waals surface area contributed by atoms with Crippen molar-refractivity contribution < 1.29 is 9.53 Å². The Bertz CT molecular complexity index is 901. The number of aryl methyl sites for hydroxylation is 1. The van der Waals surface area contributed by atoms with Gasteiger partial charge in [-0.1, -0.05) is 0 Å². The van der Waals surface area contributed by atoms with Gasteiger partial charge in [-0.2, -0.15) is 0 Å². The lowest BCUT2D eigenvalue weighted by molar-refractivity contribution is -0.125. The molecular formula is C17H20N6O2. The third-order valence-corrected chi connectivity index (χ3v) is 4.87. The van der Waals surface area contributed by atoms with Crippen molar-refractivity contribution in [3.8, 4) is 5.75 Å². The molecule has 0 aliphatic heterocycles. The van der Waals surface area contributed by atoms with Crippen LogP contribution in [0.1, 0.15) is 43.1 Å². The van der Waals surface area contributed by atoms with Crippen molar-refractivity contribution in [1.29, 1.82) is 0 Å². The lowest BCUT2D eigenvalue weighted by atomic mass is 9.91. The molecule has 2 heterocycles.